The van der Waals surface area contributed by atoms with Gasteiger partial charge in [-0.1, -0.05) is 12.1 Å². The summed E-state index contributed by atoms with van der Waals surface area (Å²) in [5, 5.41) is 0. The van der Waals surface area contributed by atoms with Crippen molar-refractivity contribution in [2.75, 3.05) is 13.1 Å². The highest BCUT2D eigenvalue weighted by molar-refractivity contribution is 5.95. The van der Waals surface area contributed by atoms with E-state index >= 15 is 0 Å². The highest BCUT2D eigenvalue weighted by Crippen LogP contribution is 2.10. The molecule has 15 heavy (non-hydrogen) atoms. The van der Waals surface area contributed by atoms with E-state index < -0.39 is 0 Å². The third-order valence-electron chi connectivity index (χ3n) is 2.57. The molecule has 0 N–H and O–H groups in total. The van der Waals surface area contributed by atoms with Gasteiger partial charge in [0.2, 0.25) is 0 Å². The van der Waals surface area contributed by atoms with Crippen LogP contribution in [0.2, 0.25) is 0 Å². The summed E-state index contributed by atoms with van der Waals surface area (Å²) in [6.45, 7) is 1.10. The van der Waals surface area contributed by atoms with Crippen LogP contribution in [-0.4, -0.2) is 29.7 Å². The lowest BCUT2D eigenvalue weighted by molar-refractivity contribution is -0.120. The maximum absolute atomic E-state index is 11.9. The Hall–Kier alpha value is -1.64. The molecule has 1 aromatic rings. The van der Waals surface area contributed by atoms with Gasteiger partial charge in [-0.3, -0.25) is 9.59 Å². The van der Waals surface area contributed by atoms with Crippen LogP contribution in [0, 0.1) is 6.07 Å². The molecule has 1 heterocycles. The molecule has 77 valence electrons. The number of piperidine rings is 1. The molecule has 0 bridgehead atoms. The number of carbonyl (C=O) groups is 2. The lowest BCUT2D eigenvalue weighted by Gasteiger charge is -2.25. The Morgan fingerprint density at radius 2 is 1.80 bits per heavy atom. The van der Waals surface area contributed by atoms with Gasteiger partial charge < -0.3 is 4.90 Å². The van der Waals surface area contributed by atoms with Crippen LogP contribution in [0.3, 0.4) is 0 Å². The Morgan fingerprint density at radius 3 is 2.40 bits per heavy atom. The summed E-state index contributed by atoms with van der Waals surface area (Å²) in [4.78, 5) is 24.7. The smallest absolute Gasteiger partial charge is 0.253 e. The standard InChI is InChI=1S/C12H12NO2/c14-11-6-8-13(9-7-11)12(15)10-4-2-1-3-5-10/h2-5H,6-9H2. The van der Waals surface area contributed by atoms with E-state index in [4.69, 9.17) is 0 Å². The zero-order valence-corrected chi connectivity index (χ0v) is 8.40. The molecule has 0 atom stereocenters. The molecule has 0 spiro atoms. The number of nitrogens with zero attached hydrogens (tertiary/aromatic N) is 1. The zero-order chi connectivity index (χ0) is 10.7. The first kappa shape index (κ1) is 9.90. The number of hydrogen-bond donors (Lipinski definition) is 0. The number of hydrogen-bond acceptors (Lipinski definition) is 2. The first-order chi connectivity index (χ1) is 7.27. The van der Waals surface area contributed by atoms with E-state index in [9.17, 15) is 9.59 Å². The predicted molar refractivity (Wildman–Crippen MR) is 55.4 cm³/mol. The molecule has 3 heteroatoms. The van der Waals surface area contributed by atoms with Crippen LogP contribution >= 0.6 is 0 Å². The second-order valence-electron chi connectivity index (χ2n) is 3.62. The van der Waals surface area contributed by atoms with Crippen LogP contribution in [0.15, 0.2) is 24.3 Å². The summed E-state index contributed by atoms with van der Waals surface area (Å²) in [5.74, 6) is 0.261. The molecular weight excluding hydrogens is 190 g/mol. The number of carbonyl (C=O) groups excluding carboxylic acids is 2. The van der Waals surface area contributed by atoms with Gasteiger partial charge in [0.1, 0.15) is 5.78 Å². The second kappa shape index (κ2) is 4.26. The van der Waals surface area contributed by atoms with Crippen LogP contribution in [0.4, 0.5) is 0 Å². The molecule has 0 unspecified atom stereocenters. The molecule has 0 aromatic heterocycles. The quantitative estimate of drug-likeness (QED) is 0.688. The Bertz CT molecular complexity index is 362. The van der Waals surface area contributed by atoms with Crippen LogP contribution in [0.25, 0.3) is 0 Å². The van der Waals surface area contributed by atoms with Gasteiger partial charge >= 0.3 is 0 Å². The summed E-state index contributed by atoms with van der Waals surface area (Å²) < 4.78 is 0. The van der Waals surface area contributed by atoms with Crippen LogP contribution < -0.4 is 0 Å². The molecule has 1 fully saturated rings. The average molecular weight is 202 g/mol. The molecule has 1 amide bonds. The maximum Gasteiger partial charge on any atom is 0.253 e. The average Bonchev–Trinajstić information content (AvgIpc) is 2.30. The first-order valence-electron chi connectivity index (χ1n) is 5.04. The molecular formula is C12H12NO2. The molecule has 1 radical (unpaired) electrons. The predicted octanol–water partition coefficient (Wildman–Crippen LogP) is 1.29. The first-order valence-corrected chi connectivity index (χ1v) is 5.04. The molecule has 3 nitrogen and oxygen atoms in total. The van der Waals surface area contributed by atoms with Gasteiger partial charge in [-0.25, -0.2) is 0 Å². The third-order valence-corrected chi connectivity index (χ3v) is 2.57. The number of likely N-dealkylation sites (tertiary alicyclic amines) is 1. The minimum absolute atomic E-state index is 0.0106. The van der Waals surface area contributed by atoms with Gasteiger partial charge in [-0.15, -0.1) is 0 Å². The summed E-state index contributed by atoms with van der Waals surface area (Å²) in [7, 11) is 0. The number of amides is 1. The Kier molecular flexibility index (Phi) is 2.81. The van der Waals surface area contributed by atoms with E-state index in [0.717, 1.165) is 0 Å². The summed E-state index contributed by atoms with van der Waals surface area (Å²) in [5.41, 5.74) is 0.670. The summed E-state index contributed by atoms with van der Waals surface area (Å²) in [6.07, 6.45) is 0.982. The van der Waals surface area contributed by atoms with Crippen LogP contribution in [0.5, 0.6) is 0 Å². The van der Waals surface area contributed by atoms with Crippen molar-refractivity contribution in [3.63, 3.8) is 0 Å². The molecule has 0 saturated carbocycles. The van der Waals surface area contributed by atoms with E-state index in [0.29, 0.717) is 31.5 Å². The minimum atomic E-state index is 0.0106. The highest BCUT2D eigenvalue weighted by Gasteiger charge is 2.21. The van der Waals surface area contributed by atoms with E-state index in [1.165, 1.54) is 0 Å². The fraction of sp³-hybridized carbons (Fsp3) is 0.333. The molecule has 1 aromatic carbocycles. The topological polar surface area (TPSA) is 37.4 Å². The Balaban J connectivity index is 2.06. The number of benzene rings is 1. The molecule has 2 rings (SSSR count). The summed E-state index contributed by atoms with van der Waals surface area (Å²) >= 11 is 0. The van der Waals surface area contributed by atoms with Crippen molar-refractivity contribution in [2.45, 2.75) is 12.8 Å². The van der Waals surface area contributed by atoms with E-state index in [2.05, 4.69) is 6.07 Å². The molecule has 1 aliphatic heterocycles. The minimum Gasteiger partial charge on any atom is -0.338 e. The molecule has 0 aliphatic carbocycles. The Morgan fingerprint density at radius 1 is 1.20 bits per heavy atom. The lowest BCUT2D eigenvalue weighted by atomic mass is 10.1. The van der Waals surface area contributed by atoms with E-state index in [-0.39, 0.29) is 11.7 Å². The molecule has 1 saturated heterocycles. The van der Waals surface area contributed by atoms with Gasteiger partial charge in [-0.2, -0.15) is 0 Å². The van der Waals surface area contributed by atoms with Gasteiger partial charge in [0.05, 0.1) is 0 Å². The summed E-state index contributed by atoms with van der Waals surface area (Å²) in [6, 6.07) is 9.82. The SMILES string of the molecule is O=C1CCN(C(=O)c2cc[c]cc2)CC1. The van der Waals surface area contributed by atoms with Crippen molar-refractivity contribution in [3.05, 3.63) is 35.9 Å². The van der Waals surface area contributed by atoms with Crippen LogP contribution in [0.1, 0.15) is 23.2 Å². The second-order valence-corrected chi connectivity index (χ2v) is 3.62. The normalized spacial score (nSPS) is 16.5. The van der Waals surface area contributed by atoms with Gasteiger partial charge in [0, 0.05) is 31.5 Å². The fourth-order valence-electron chi connectivity index (χ4n) is 1.67. The van der Waals surface area contributed by atoms with E-state index in [1.54, 1.807) is 29.2 Å². The lowest BCUT2D eigenvalue weighted by Crippen LogP contribution is -2.38. The van der Waals surface area contributed by atoms with Crippen molar-refractivity contribution in [1.29, 1.82) is 0 Å². The molecule has 1 aliphatic rings. The van der Waals surface area contributed by atoms with E-state index in [1.807, 2.05) is 0 Å². The van der Waals surface area contributed by atoms with Gasteiger partial charge in [-0.05, 0) is 18.2 Å². The van der Waals surface area contributed by atoms with Crippen molar-refractivity contribution >= 4 is 11.7 Å². The maximum atomic E-state index is 11.9. The monoisotopic (exact) mass is 202 g/mol. The van der Waals surface area contributed by atoms with Gasteiger partial charge in [0.15, 0.2) is 0 Å². The Labute approximate surface area is 88.7 Å². The van der Waals surface area contributed by atoms with Gasteiger partial charge in [0.25, 0.3) is 5.91 Å². The van der Waals surface area contributed by atoms with Crippen molar-refractivity contribution < 1.29 is 9.59 Å². The number of ketones is 1. The number of Topliss-reactive ketones (excluding diaryl/α,β-unsaturated/α-hetero) is 1. The van der Waals surface area contributed by atoms with Crippen LogP contribution in [-0.2, 0) is 4.79 Å². The largest absolute Gasteiger partial charge is 0.338 e. The van der Waals surface area contributed by atoms with Crippen molar-refractivity contribution in [1.82, 2.24) is 4.90 Å². The van der Waals surface area contributed by atoms with Crippen molar-refractivity contribution in [3.8, 4) is 0 Å². The van der Waals surface area contributed by atoms with Crippen molar-refractivity contribution in [2.24, 2.45) is 0 Å². The number of rotatable bonds is 1. The fourth-order valence-corrected chi connectivity index (χ4v) is 1.67. The third kappa shape index (κ3) is 2.24. The zero-order valence-electron chi connectivity index (χ0n) is 8.40. The highest BCUT2D eigenvalue weighted by atomic mass is 16.2.